The Morgan fingerprint density at radius 3 is 2.58 bits per heavy atom. The van der Waals surface area contributed by atoms with Gasteiger partial charge in [0, 0.05) is 12.2 Å². The number of aryl methyl sites for hydroxylation is 1. The monoisotopic (exact) mass is 262 g/mol. The molecule has 0 aliphatic carbocycles. The summed E-state index contributed by atoms with van der Waals surface area (Å²) in [6.45, 7) is 8.42. The number of likely N-dealkylation sites (N-methyl/N-ethyl adjacent to an activating group) is 2. The van der Waals surface area contributed by atoms with Crippen molar-refractivity contribution >= 4 is 11.6 Å². The van der Waals surface area contributed by atoms with E-state index in [9.17, 15) is 4.79 Å². The van der Waals surface area contributed by atoms with Crippen LogP contribution in [0.2, 0.25) is 0 Å². The highest BCUT2D eigenvalue weighted by Crippen LogP contribution is 2.16. The first-order valence-corrected chi connectivity index (χ1v) is 7.14. The summed E-state index contributed by atoms with van der Waals surface area (Å²) in [5.74, 6) is 0.173. The van der Waals surface area contributed by atoms with E-state index in [0.717, 1.165) is 25.1 Å². The smallest absolute Gasteiger partial charge is 0.241 e. The molecule has 3 nitrogen and oxygen atoms in total. The van der Waals surface area contributed by atoms with Crippen LogP contribution in [0.25, 0.3) is 0 Å². The standard InChI is InChI=1S/C16H26N2O/c1-5-7-11-17(4)13-16(19)18(6-2)15-10-8-9-14(3)12-15/h8-10,12H,5-7,11,13H2,1-4H3. The van der Waals surface area contributed by atoms with Gasteiger partial charge < -0.3 is 4.90 Å². The number of carbonyl (C=O) groups is 1. The van der Waals surface area contributed by atoms with Crippen LogP contribution in [0.5, 0.6) is 0 Å². The predicted molar refractivity (Wildman–Crippen MR) is 81.6 cm³/mol. The summed E-state index contributed by atoms with van der Waals surface area (Å²) in [5.41, 5.74) is 2.18. The van der Waals surface area contributed by atoms with E-state index in [-0.39, 0.29) is 5.91 Å². The van der Waals surface area contributed by atoms with Crippen LogP contribution in [0.1, 0.15) is 32.3 Å². The molecule has 19 heavy (non-hydrogen) atoms. The van der Waals surface area contributed by atoms with E-state index in [1.54, 1.807) is 0 Å². The number of hydrogen-bond donors (Lipinski definition) is 0. The molecule has 0 atom stereocenters. The van der Waals surface area contributed by atoms with E-state index in [1.807, 2.05) is 31.0 Å². The third kappa shape index (κ3) is 5.03. The average molecular weight is 262 g/mol. The first kappa shape index (κ1) is 15.7. The first-order valence-electron chi connectivity index (χ1n) is 7.14. The molecule has 1 amide bonds. The molecule has 1 aromatic carbocycles. The zero-order valence-electron chi connectivity index (χ0n) is 12.6. The summed E-state index contributed by atoms with van der Waals surface area (Å²) in [5, 5.41) is 0. The van der Waals surface area contributed by atoms with Gasteiger partial charge in [0.05, 0.1) is 6.54 Å². The van der Waals surface area contributed by atoms with E-state index in [0.29, 0.717) is 13.1 Å². The molecule has 3 heteroatoms. The topological polar surface area (TPSA) is 23.6 Å². The zero-order valence-corrected chi connectivity index (χ0v) is 12.6. The lowest BCUT2D eigenvalue weighted by molar-refractivity contribution is -0.119. The Labute approximate surface area is 117 Å². The molecular formula is C16H26N2O. The number of unbranched alkanes of at least 4 members (excludes halogenated alkanes) is 1. The zero-order chi connectivity index (χ0) is 14.3. The molecule has 0 saturated carbocycles. The Bertz CT molecular complexity index is 403. The molecule has 0 radical (unpaired) electrons. The van der Waals surface area contributed by atoms with Crippen molar-refractivity contribution in [3.05, 3.63) is 29.8 Å². The Kier molecular flexibility index (Phi) is 6.57. The van der Waals surface area contributed by atoms with Crippen molar-refractivity contribution in [2.24, 2.45) is 0 Å². The Balaban J connectivity index is 2.66. The number of amides is 1. The number of benzene rings is 1. The lowest BCUT2D eigenvalue weighted by Gasteiger charge is -2.24. The Hall–Kier alpha value is -1.35. The number of nitrogens with zero attached hydrogens (tertiary/aromatic N) is 2. The fourth-order valence-electron chi connectivity index (χ4n) is 2.12. The summed E-state index contributed by atoms with van der Waals surface area (Å²) in [6.07, 6.45) is 2.30. The van der Waals surface area contributed by atoms with Crippen molar-refractivity contribution in [1.82, 2.24) is 4.90 Å². The van der Waals surface area contributed by atoms with Gasteiger partial charge in [-0.2, -0.15) is 0 Å². The summed E-state index contributed by atoms with van der Waals surface area (Å²) in [7, 11) is 2.01. The maximum atomic E-state index is 12.3. The van der Waals surface area contributed by atoms with Crippen molar-refractivity contribution < 1.29 is 4.79 Å². The van der Waals surface area contributed by atoms with Gasteiger partial charge in [0.2, 0.25) is 5.91 Å². The molecule has 0 fully saturated rings. The van der Waals surface area contributed by atoms with Gasteiger partial charge in [-0.3, -0.25) is 9.69 Å². The minimum Gasteiger partial charge on any atom is -0.312 e. The average Bonchev–Trinajstić information content (AvgIpc) is 2.37. The van der Waals surface area contributed by atoms with Crippen molar-refractivity contribution in [2.75, 3.05) is 31.6 Å². The third-order valence-electron chi connectivity index (χ3n) is 3.23. The van der Waals surface area contributed by atoms with Crippen molar-refractivity contribution in [1.29, 1.82) is 0 Å². The van der Waals surface area contributed by atoms with Crippen LogP contribution in [-0.2, 0) is 4.79 Å². The van der Waals surface area contributed by atoms with Crippen LogP contribution in [0, 0.1) is 6.92 Å². The molecular weight excluding hydrogens is 236 g/mol. The van der Waals surface area contributed by atoms with Crippen LogP contribution >= 0.6 is 0 Å². The fourth-order valence-corrected chi connectivity index (χ4v) is 2.12. The number of carbonyl (C=O) groups excluding carboxylic acids is 1. The van der Waals surface area contributed by atoms with E-state index in [4.69, 9.17) is 0 Å². The first-order chi connectivity index (χ1) is 9.08. The summed E-state index contributed by atoms with van der Waals surface area (Å²) in [4.78, 5) is 16.3. The van der Waals surface area contributed by atoms with Crippen molar-refractivity contribution in [2.45, 2.75) is 33.6 Å². The molecule has 0 N–H and O–H groups in total. The van der Waals surface area contributed by atoms with Gasteiger partial charge in [-0.05, 0) is 51.6 Å². The fraction of sp³-hybridized carbons (Fsp3) is 0.562. The van der Waals surface area contributed by atoms with Gasteiger partial charge in [-0.25, -0.2) is 0 Å². The molecule has 106 valence electrons. The summed E-state index contributed by atoms with van der Waals surface area (Å²) < 4.78 is 0. The maximum absolute atomic E-state index is 12.3. The number of hydrogen-bond acceptors (Lipinski definition) is 2. The van der Waals surface area contributed by atoms with Gasteiger partial charge >= 0.3 is 0 Å². The van der Waals surface area contributed by atoms with Gasteiger partial charge in [0.1, 0.15) is 0 Å². The molecule has 0 bridgehead atoms. The molecule has 0 aliphatic rings. The van der Waals surface area contributed by atoms with Crippen LogP contribution in [0.3, 0.4) is 0 Å². The van der Waals surface area contributed by atoms with Gasteiger partial charge in [0.15, 0.2) is 0 Å². The van der Waals surface area contributed by atoms with Gasteiger partial charge in [-0.1, -0.05) is 25.5 Å². The molecule has 0 aliphatic heterocycles. The molecule has 1 rings (SSSR count). The second kappa shape index (κ2) is 7.95. The molecule has 0 unspecified atom stereocenters. The van der Waals surface area contributed by atoms with E-state index >= 15 is 0 Å². The lowest BCUT2D eigenvalue weighted by Crippen LogP contribution is -2.39. The summed E-state index contributed by atoms with van der Waals surface area (Å²) in [6, 6.07) is 8.12. The second-order valence-corrected chi connectivity index (χ2v) is 5.07. The predicted octanol–water partition coefficient (Wildman–Crippen LogP) is 3.08. The van der Waals surface area contributed by atoms with Crippen molar-refractivity contribution in [3.63, 3.8) is 0 Å². The number of anilines is 1. The molecule has 0 heterocycles. The molecule has 0 saturated heterocycles. The van der Waals surface area contributed by atoms with E-state index < -0.39 is 0 Å². The van der Waals surface area contributed by atoms with Crippen LogP contribution in [0.15, 0.2) is 24.3 Å². The highest BCUT2D eigenvalue weighted by molar-refractivity contribution is 5.94. The largest absolute Gasteiger partial charge is 0.312 e. The lowest BCUT2D eigenvalue weighted by atomic mass is 10.2. The minimum absolute atomic E-state index is 0.173. The highest BCUT2D eigenvalue weighted by Gasteiger charge is 2.15. The van der Waals surface area contributed by atoms with E-state index in [2.05, 4.69) is 30.9 Å². The quantitative estimate of drug-likeness (QED) is 0.754. The van der Waals surface area contributed by atoms with Crippen LogP contribution in [0.4, 0.5) is 5.69 Å². The van der Waals surface area contributed by atoms with Crippen molar-refractivity contribution in [3.8, 4) is 0 Å². The minimum atomic E-state index is 0.173. The van der Waals surface area contributed by atoms with Crippen LogP contribution in [-0.4, -0.2) is 37.5 Å². The third-order valence-corrected chi connectivity index (χ3v) is 3.23. The Morgan fingerprint density at radius 2 is 2.00 bits per heavy atom. The Morgan fingerprint density at radius 1 is 1.26 bits per heavy atom. The van der Waals surface area contributed by atoms with Crippen LogP contribution < -0.4 is 4.90 Å². The number of rotatable bonds is 7. The van der Waals surface area contributed by atoms with E-state index in [1.165, 1.54) is 5.56 Å². The molecule has 0 aromatic heterocycles. The van der Waals surface area contributed by atoms with Gasteiger partial charge in [-0.15, -0.1) is 0 Å². The normalized spacial score (nSPS) is 10.8. The molecule has 0 spiro atoms. The molecule has 1 aromatic rings. The highest BCUT2D eigenvalue weighted by atomic mass is 16.2. The van der Waals surface area contributed by atoms with Gasteiger partial charge in [0.25, 0.3) is 0 Å². The summed E-state index contributed by atoms with van der Waals surface area (Å²) >= 11 is 0. The maximum Gasteiger partial charge on any atom is 0.241 e. The second-order valence-electron chi connectivity index (χ2n) is 5.07. The SMILES string of the molecule is CCCCN(C)CC(=O)N(CC)c1cccc(C)c1.